The van der Waals surface area contributed by atoms with Crippen molar-refractivity contribution in [3.05, 3.63) is 70.8 Å². The van der Waals surface area contributed by atoms with Crippen molar-refractivity contribution >= 4 is 22.6 Å². The lowest BCUT2D eigenvalue weighted by Crippen LogP contribution is -2.21. The van der Waals surface area contributed by atoms with Crippen molar-refractivity contribution in [3.8, 4) is 0 Å². The first kappa shape index (κ1) is 14.1. The van der Waals surface area contributed by atoms with E-state index < -0.39 is 0 Å². The SMILES string of the molecule is Cc1ccc(NC(=O)c2cc3ccccc3oc2=N)c(C)c1. The van der Waals surface area contributed by atoms with Gasteiger partial charge < -0.3 is 9.73 Å². The van der Waals surface area contributed by atoms with Crippen molar-refractivity contribution in [1.29, 1.82) is 5.41 Å². The molecule has 4 heteroatoms. The summed E-state index contributed by atoms with van der Waals surface area (Å²) in [6, 6.07) is 14.8. The second-order valence-electron chi connectivity index (χ2n) is 5.30. The molecule has 1 amide bonds. The number of carbonyl (C=O) groups excluding carboxylic acids is 1. The lowest BCUT2D eigenvalue weighted by Gasteiger charge is -2.09. The van der Waals surface area contributed by atoms with Gasteiger partial charge in [0.05, 0.1) is 0 Å². The number of carbonyl (C=O) groups is 1. The molecule has 0 unspecified atom stereocenters. The molecule has 0 fully saturated rings. The number of anilines is 1. The largest absolute Gasteiger partial charge is 0.438 e. The van der Waals surface area contributed by atoms with E-state index in [-0.39, 0.29) is 17.0 Å². The molecule has 0 atom stereocenters. The molecule has 1 aromatic heterocycles. The fraction of sp³-hybridized carbons (Fsp3) is 0.111. The third-order valence-corrected chi connectivity index (χ3v) is 3.55. The average molecular weight is 292 g/mol. The molecule has 0 aliphatic carbocycles. The fourth-order valence-electron chi connectivity index (χ4n) is 2.39. The standard InChI is InChI=1S/C18H16N2O2/c1-11-7-8-15(12(2)9-11)20-18(21)14-10-13-5-3-4-6-16(13)22-17(14)19/h3-10,19H,1-2H3,(H,20,21). The van der Waals surface area contributed by atoms with Gasteiger partial charge >= 0.3 is 0 Å². The maximum atomic E-state index is 12.4. The highest BCUT2D eigenvalue weighted by molar-refractivity contribution is 6.05. The summed E-state index contributed by atoms with van der Waals surface area (Å²) in [6.07, 6.45) is 0. The number of aryl methyl sites for hydroxylation is 2. The van der Waals surface area contributed by atoms with Crippen LogP contribution in [0, 0.1) is 19.3 Å². The molecule has 3 rings (SSSR count). The molecule has 2 N–H and O–H groups in total. The minimum absolute atomic E-state index is 0.138. The van der Waals surface area contributed by atoms with Crippen LogP contribution in [-0.2, 0) is 0 Å². The topological polar surface area (TPSA) is 66.1 Å². The number of benzene rings is 2. The fourth-order valence-corrected chi connectivity index (χ4v) is 2.39. The van der Waals surface area contributed by atoms with Crippen molar-refractivity contribution < 1.29 is 9.21 Å². The first-order chi connectivity index (χ1) is 10.5. The predicted octanol–water partition coefficient (Wildman–Crippen LogP) is 3.78. The first-order valence-electron chi connectivity index (χ1n) is 7.01. The lowest BCUT2D eigenvalue weighted by atomic mass is 10.1. The molecule has 0 aliphatic rings. The maximum Gasteiger partial charge on any atom is 0.261 e. The maximum absolute atomic E-state index is 12.4. The van der Waals surface area contributed by atoms with E-state index in [1.165, 1.54) is 0 Å². The molecule has 3 aromatic rings. The van der Waals surface area contributed by atoms with Crippen molar-refractivity contribution in [1.82, 2.24) is 0 Å². The molecule has 4 nitrogen and oxygen atoms in total. The number of hydrogen-bond acceptors (Lipinski definition) is 3. The first-order valence-corrected chi connectivity index (χ1v) is 7.01. The summed E-state index contributed by atoms with van der Waals surface area (Å²) in [4.78, 5) is 12.4. The Hall–Kier alpha value is -2.88. The van der Waals surface area contributed by atoms with E-state index >= 15 is 0 Å². The molecule has 0 saturated heterocycles. The Morgan fingerprint density at radius 3 is 2.64 bits per heavy atom. The van der Waals surface area contributed by atoms with E-state index in [4.69, 9.17) is 9.83 Å². The van der Waals surface area contributed by atoms with Gasteiger partial charge in [0.1, 0.15) is 11.1 Å². The summed E-state index contributed by atoms with van der Waals surface area (Å²) in [7, 11) is 0. The van der Waals surface area contributed by atoms with Crippen LogP contribution in [0.1, 0.15) is 21.5 Å². The van der Waals surface area contributed by atoms with E-state index in [0.717, 1.165) is 22.2 Å². The van der Waals surface area contributed by atoms with Crippen LogP contribution < -0.4 is 10.9 Å². The van der Waals surface area contributed by atoms with Gasteiger partial charge in [-0.3, -0.25) is 10.2 Å². The molecule has 0 bridgehead atoms. The van der Waals surface area contributed by atoms with E-state index in [0.29, 0.717) is 5.58 Å². The molecular weight excluding hydrogens is 276 g/mol. The second kappa shape index (κ2) is 5.48. The van der Waals surface area contributed by atoms with Gasteiger partial charge in [0, 0.05) is 11.1 Å². The third-order valence-electron chi connectivity index (χ3n) is 3.55. The Morgan fingerprint density at radius 2 is 1.86 bits per heavy atom. The highest BCUT2D eigenvalue weighted by atomic mass is 16.3. The number of nitrogens with one attached hydrogen (secondary N) is 2. The number of para-hydroxylation sites is 1. The quantitative estimate of drug-likeness (QED) is 0.754. The smallest absolute Gasteiger partial charge is 0.261 e. The predicted molar refractivity (Wildman–Crippen MR) is 85.9 cm³/mol. The van der Waals surface area contributed by atoms with Crippen LogP contribution in [0.25, 0.3) is 11.0 Å². The van der Waals surface area contributed by atoms with Gasteiger partial charge in [-0.25, -0.2) is 0 Å². The summed E-state index contributed by atoms with van der Waals surface area (Å²) < 4.78 is 5.41. The van der Waals surface area contributed by atoms with Crippen LogP contribution in [-0.4, -0.2) is 5.91 Å². The highest BCUT2D eigenvalue weighted by Gasteiger charge is 2.12. The Kier molecular flexibility index (Phi) is 3.51. The molecule has 2 aromatic carbocycles. The molecule has 0 radical (unpaired) electrons. The van der Waals surface area contributed by atoms with E-state index in [1.807, 2.05) is 50.2 Å². The minimum atomic E-state index is -0.341. The van der Waals surface area contributed by atoms with E-state index in [1.54, 1.807) is 12.1 Å². The van der Waals surface area contributed by atoms with Crippen molar-refractivity contribution in [2.45, 2.75) is 13.8 Å². The summed E-state index contributed by atoms with van der Waals surface area (Å²) in [5.74, 6) is -0.341. The van der Waals surface area contributed by atoms with Crippen LogP contribution >= 0.6 is 0 Å². The monoisotopic (exact) mass is 292 g/mol. The summed E-state index contributed by atoms with van der Waals surface area (Å²) in [5.41, 5.74) is 3.54. The number of hydrogen-bond donors (Lipinski definition) is 2. The van der Waals surface area contributed by atoms with E-state index in [2.05, 4.69) is 5.32 Å². The van der Waals surface area contributed by atoms with Gasteiger partial charge in [-0.2, -0.15) is 0 Å². The van der Waals surface area contributed by atoms with Crippen molar-refractivity contribution in [2.75, 3.05) is 5.32 Å². The molecule has 0 spiro atoms. The summed E-state index contributed by atoms with van der Waals surface area (Å²) in [5, 5.41) is 11.5. The number of fused-ring (bicyclic) bond motifs is 1. The molecule has 110 valence electrons. The van der Waals surface area contributed by atoms with E-state index in [9.17, 15) is 4.79 Å². The Balaban J connectivity index is 1.98. The lowest BCUT2D eigenvalue weighted by molar-refractivity contribution is 0.102. The summed E-state index contributed by atoms with van der Waals surface area (Å²) >= 11 is 0. The Bertz CT molecular complexity index is 926. The van der Waals surface area contributed by atoms with Crippen LogP contribution in [0.4, 0.5) is 5.69 Å². The van der Waals surface area contributed by atoms with Crippen LogP contribution in [0.15, 0.2) is 52.9 Å². The van der Waals surface area contributed by atoms with Gasteiger partial charge in [-0.1, -0.05) is 35.9 Å². The van der Waals surface area contributed by atoms with Crippen molar-refractivity contribution in [2.24, 2.45) is 0 Å². The molecule has 0 saturated carbocycles. The zero-order valence-electron chi connectivity index (χ0n) is 12.4. The molecule has 1 heterocycles. The van der Waals surface area contributed by atoms with Gasteiger partial charge in [-0.05, 0) is 37.6 Å². The van der Waals surface area contributed by atoms with Gasteiger partial charge in [-0.15, -0.1) is 0 Å². The number of rotatable bonds is 2. The highest BCUT2D eigenvalue weighted by Crippen LogP contribution is 2.18. The van der Waals surface area contributed by atoms with Crippen LogP contribution in [0.5, 0.6) is 0 Å². The average Bonchev–Trinajstić information content (AvgIpc) is 2.49. The molecule has 22 heavy (non-hydrogen) atoms. The van der Waals surface area contributed by atoms with Gasteiger partial charge in [0.15, 0.2) is 0 Å². The van der Waals surface area contributed by atoms with Gasteiger partial charge in [0.2, 0.25) is 5.55 Å². The molecular formula is C18H16N2O2. The zero-order chi connectivity index (χ0) is 15.7. The normalized spacial score (nSPS) is 10.6. The number of amides is 1. The third kappa shape index (κ3) is 2.63. The van der Waals surface area contributed by atoms with Gasteiger partial charge in [0.25, 0.3) is 5.91 Å². The van der Waals surface area contributed by atoms with Crippen LogP contribution in [0.3, 0.4) is 0 Å². The van der Waals surface area contributed by atoms with Crippen LogP contribution in [0.2, 0.25) is 0 Å². The van der Waals surface area contributed by atoms with Crippen molar-refractivity contribution in [3.63, 3.8) is 0 Å². The summed E-state index contributed by atoms with van der Waals surface area (Å²) in [6.45, 7) is 3.94. The molecule has 0 aliphatic heterocycles. The zero-order valence-corrected chi connectivity index (χ0v) is 12.4. The second-order valence-corrected chi connectivity index (χ2v) is 5.30. The Morgan fingerprint density at radius 1 is 1.09 bits per heavy atom. The minimum Gasteiger partial charge on any atom is -0.438 e. The Labute approximate surface area is 127 Å².